The van der Waals surface area contributed by atoms with Crippen LogP contribution in [0.1, 0.15) is 24.1 Å². The molecule has 1 heterocycles. The maximum Gasteiger partial charge on any atom is 0.264 e. The molecule has 1 aliphatic heterocycles. The van der Waals surface area contributed by atoms with Crippen LogP contribution in [0.4, 0.5) is 5.69 Å². The molecule has 0 radical (unpaired) electrons. The summed E-state index contributed by atoms with van der Waals surface area (Å²) in [7, 11) is -7.27. The van der Waals surface area contributed by atoms with E-state index in [-0.39, 0.29) is 16.3 Å². The van der Waals surface area contributed by atoms with E-state index in [1.54, 1.807) is 55.5 Å². The maximum atomic E-state index is 13.5. The number of hydrogen-bond donors (Lipinski definition) is 1. The number of anilines is 1. The third kappa shape index (κ3) is 5.18. The second-order valence-corrected chi connectivity index (χ2v) is 12.4. The van der Waals surface area contributed by atoms with Gasteiger partial charge in [0, 0.05) is 6.26 Å². The van der Waals surface area contributed by atoms with Crippen LogP contribution in [0.2, 0.25) is 0 Å². The Kier molecular flexibility index (Phi) is 6.61. The van der Waals surface area contributed by atoms with E-state index in [9.17, 15) is 21.6 Å². The topological polar surface area (TPSA) is 110 Å². The Morgan fingerprint density at radius 1 is 0.971 bits per heavy atom. The van der Waals surface area contributed by atoms with E-state index in [0.717, 1.165) is 11.8 Å². The summed E-state index contributed by atoms with van der Waals surface area (Å²) in [5.41, 5.74) is 1.93. The third-order valence-electron chi connectivity index (χ3n) is 5.77. The minimum Gasteiger partial charge on any atom is -0.476 e. The molecular formula is C25H26N2O6S2. The fourth-order valence-electron chi connectivity index (χ4n) is 3.84. The van der Waals surface area contributed by atoms with E-state index >= 15 is 0 Å². The van der Waals surface area contributed by atoms with Crippen LogP contribution >= 0.6 is 0 Å². The van der Waals surface area contributed by atoms with Crippen molar-refractivity contribution in [3.05, 3.63) is 83.9 Å². The lowest BCUT2D eigenvalue weighted by Gasteiger charge is -2.35. The fraction of sp³-hybridized carbons (Fsp3) is 0.240. The largest absolute Gasteiger partial charge is 0.476 e. The number of benzene rings is 3. The van der Waals surface area contributed by atoms with E-state index in [2.05, 4.69) is 5.32 Å². The van der Waals surface area contributed by atoms with Crippen molar-refractivity contribution in [2.45, 2.75) is 35.8 Å². The van der Waals surface area contributed by atoms with Gasteiger partial charge in [0.25, 0.3) is 15.9 Å². The van der Waals surface area contributed by atoms with Gasteiger partial charge in [0.15, 0.2) is 15.9 Å². The predicted octanol–water partition coefficient (Wildman–Crippen LogP) is 3.23. The summed E-state index contributed by atoms with van der Waals surface area (Å²) in [5, 5.41) is 2.84. The van der Waals surface area contributed by atoms with E-state index in [4.69, 9.17) is 4.74 Å². The number of carbonyl (C=O) groups excluding carboxylic acids is 1. The number of carbonyl (C=O) groups is 1. The molecule has 184 valence electrons. The highest BCUT2D eigenvalue weighted by molar-refractivity contribution is 7.92. The molecule has 3 aromatic rings. The minimum absolute atomic E-state index is 0.118. The molecule has 10 heteroatoms. The van der Waals surface area contributed by atoms with Crippen LogP contribution in [0.25, 0.3) is 0 Å². The second-order valence-electron chi connectivity index (χ2n) is 8.50. The molecule has 0 aliphatic carbocycles. The number of amides is 1. The molecule has 0 fully saturated rings. The Morgan fingerprint density at radius 3 is 2.26 bits per heavy atom. The molecule has 1 aliphatic rings. The smallest absolute Gasteiger partial charge is 0.264 e. The van der Waals surface area contributed by atoms with Crippen LogP contribution in [-0.4, -0.2) is 41.6 Å². The zero-order chi connectivity index (χ0) is 25.4. The first-order valence-corrected chi connectivity index (χ1v) is 14.3. The third-order valence-corrected chi connectivity index (χ3v) is 8.70. The zero-order valence-electron chi connectivity index (χ0n) is 19.5. The van der Waals surface area contributed by atoms with Crippen molar-refractivity contribution in [1.82, 2.24) is 5.32 Å². The molecule has 1 N–H and O–H groups in total. The number of rotatable bonds is 6. The summed E-state index contributed by atoms with van der Waals surface area (Å²) in [4.78, 5) is 13.4. The lowest BCUT2D eigenvalue weighted by Crippen LogP contribution is -2.51. The van der Waals surface area contributed by atoms with Crippen LogP contribution in [0.3, 0.4) is 0 Å². The van der Waals surface area contributed by atoms with Crippen molar-refractivity contribution in [3.8, 4) is 5.75 Å². The molecule has 0 bridgehead atoms. The van der Waals surface area contributed by atoms with Crippen LogP contribution < -0.4 is 14.4 Å². The molecule has 0 saturated carbocycles. The molecule has 0 spiro atoms. The average Bonchev–Trinajstić information content (AvgIpc) is 2.83. The molecule has 2 atom stereocenters. The number of nitrogens with one attached hydrogen (secondary N) is 1. The van der Waals surface area contributed by atoms with E-state index in [1.165, 1.54) is 28.6 Å². The highest BCUT2D eigenvalue weighted by Crippen LogP contribution is 2.37. The first kappa shape index (κ1) is 24.7. The van der Waals surface area contributed by atoms with E-state index in [1.807, 2.05) is 6.92 Å². The minimum atomic E-state index is -3.94. The summed E-state index contributed by atoms with van der Waals surface area (Å²) in [5.74, 6) is -0.184. The molecule has 8 nitrogen and oxygen atoms in total. The summed E-state index contributed by atoms with van der Waals surface area (Å²) in [6.07, 6.45) is 0.0452. The van der Waals surface area contributed by atoms with Gasteiger partial charge in [-0.05, 0) is 61.4 Å². The lowest BCUT2D eigenvalue weighted by molar-refractivity contribution is -0.128. The average molecular weight is 515 g/mol. The Bertz CT molecular complexity index is 1450. The zero-order valence-corrected chi connectivity index (χ0v) is 21.1. The van der Waals surface area contributed by atoms with Gasteiger partial charge in [-0.2, -0.15) is 0 Å². The van der Waals surface area contributed by atoms with Crippen molar-refractivity contribution < 1.29 is 26.4 Å². The molecular weight excluding hydrogens is 488 g/mol. The highest BCUT2D eigenvalue weighted by Gasteiger charge is 2.38. The standard InChI is InChI=1S/C25H26N2O6S2/c1-17-9-14-23-22(15-17)27(35(31,32)21-7-5-4-6-8-21)16-24(33-23)25(28)26-18(2)19-10-12-20(13-11-19)34(3,29)30/h4-15,18,24H,16H2,1-3H3,(H,26,28). The van der Waals surface area contributed by atoms with Gasteiger partial charge in [0.05, 0.1) is 28.1 Å². The molecule has 0 saturated heterocycles. The highest BCUT2D eigenvalue weighted by atomic mass is 32.2. The number of sulfone groups is 1. The van der Waals surface area contributed by atoms with Crippen LogP contribution in [0, 0.1) is 6.92 Å². The predicted molar refractivity (Wildman–Crippen MR) is 133 cm³/mol. The van der Waals surface area contributed by atoms with Crippen LogP contribution in [0.5, 0.6) is 5.75 Å². The molecule has 2 unspecified atom stereocenters. The SMILES string of the molecule is Cc1ccc2c(c1)N(S(=O)(=O)c1ccccc1)CC(C(=O)NC(C)c1ccc(S(C)(=O)=O)cc1)O2. The summed E-state index contributed by atoms with van der Waals surface area (Å²) < 4.78 is 57.5. The van der Waals surface area contributed by atoms with Gasteiger partial charge in [-0.1, -0.05) is 36.4 Å². The van der Waals surface area contributed by atoms with Gasteiger partial charge < -0.3 is 10.1 Å². The van der Waals surface area contributed by atoms with Gasteiger partial charge in [-0.3, -0.25) is 9.10 Å². The normalized spacial score (nSPS) is 16.7. The first-order valence-electron chi connectivity index (χ1n) is 10.9. The number of nitrogens with zero attached hydrogens (tertiary/aromatic N) is 1. The van der Waals surface area contributed by atoms with Crippen LogP contribution in [-0.2, 0) is 24.7 Å². The lowest BCUT2D eigenvalue weighted by atomic mass is 10.1. The van der Waals surface area contributed by atoms with Gasteiger partial charge in [-0.15, -0.1) is 0 Å². The number of aryl methyl sites for hydroxylation is 1. The Morgan fingerprint density at radius 2 is 1.63 bits per heavy atom. The molecule has 3 aromatic carbocycles. The number of sulfonamides is 1. The van der Waals surface area contributed by atoms with Crippen molar-refractivity contribution in [2.24, 2.45) is 0 Å². The molecule has 1 amide bonds. The summed E-state index contributed by atoms with van der Waals surface area (Å²) in [6, 6.07) is 19.0. The Labute approximate surface area is 205 Å². The molecule has 35 heavy (non-hydrogen) atoms. The summed E-state index contributed by atoms with van der Waals surface area (Å²) in [6.45, 7) is 3.41. The van der Waals surface area contributed by atoms with Crippen molar-refractivity contribution in [1.29, 1.82) is 0 Å². The molecule has 0 aromatic heterocycles. The van der Waals surface area contributed by atoms with Gasteiger partial charge in [0.2, 0.25) is 0 Å². The van der Waals surface area contributed by atoms with Gasteiger partial charge in [-0.25, -0.2) is 16.8 Å². The summed E-state index contributed by atoms with van der Waals surface area (Å²) >= 11 is 0. The Hall–Kier alpha value is -3.37. The monoisotopic (exact) mass is 514 g/mol. The van der Waals surface area contributed by atoms with Crippen LogP contribution in [0.15, 0.2) is 82.6 Å². The van der Waals surface area contributed by atoms with Gasteiger partial charge >= 0.3 is 0 Å². The van der Waals surface area contributed by atoms with Crippen molar-refractivity contribution >= 4 is 31.5 Å². The second kappa shape index (κ2) is 9.35. The number of fused-ring (bicyclic) bond motifs is 1. The maximum absolute atomic E-state index is 13.5. The number of ether oxygens (including phenoxy) is 1. The quantitative estimate of drug-likeness (QED) is 0.541. The Balaban J connectivity index is 1.60. The first-order chi connectivity index (χ1) is 16.5. The number of hydrogen-bond acceptors (Lipinski definition) is 6. The fourth-order valence-corrected chi connectivity index (χ4v) is 5.96. The van der Waals surface area contributed by atoms with Crippen molar-refractivity contribution in [3.63, 3.8) is 0 Å². The molecule has 4 rings (SSSR count). The van der Waals surface area contributed by atoms with Crippen molar-refractivity contribution in [2.75, 3.05) is 17.1 Å². The van der Waals surface area contributed by atoms with E-state index in [0.29, 0.717) is 17.0 Å². The van der Waals surface area contributed by atoms with E-state index < -0.39 is 37.9 Å². The van der Waals surface area contributed by atoms with Gasteiger partial charge in [0.1, 0.15) is 5.75 Å².